The molecule has 0 radical (unpaired) electrons. The number of likely N-dealkylation sites (N-methyl/N-ethyl adjacent to an activating group) is 1. The Hall–Kier alpha value is -3.29. The van der Waals surface area contributed by atoms with Gasteiger partial charge in [-0.2, -0.15) is 0 Å². The molecule has 1 aromatic heterocycles. The molecule has 1 aliphatic rings. The maximum atomic E-state index is 13.0. The number of piperidine rings is 1. The van der Waals surface area contributed by atoms with Crippen LogP contribution in [-0.2, 0) is 21.3 Å². The van der Waals surface area contributed by atoms with Crippen LogP contribution in [0.15, 0.2) is 23.0 Å². The summed E-state index contributed by atoms with van der Waals surface area (Å²) in [6.45, 7) is 6.24. The SMILES string of the molecule is CN(CCOCC#Cc1cccc2c1n(C)c(=O)n2C1CCC(O)NC1=O)C(=O)OC(C)(C)C. The number of aryl methyl sites for hydroxylation is 1. The summed E-state index contributed by atoms with van der Waals surface area (Å²) in [6, 6.07) is 4.69. The third kappa shape index (κ3) is 5.79. The van der Waals surface area contributed by atoms with Crippen molar-refractivity contribution < 1.29 is 24.2 Å². The van der Waals surface area contributed by atoms with Crippen molar-refractivity contribution in [2.45, 2.75) is 51.5 Å². The van der Waals surface area contributed by atoms with Crippen LogP contribution in [0.1, 0.15) is 45.2 Å². The number of nitrogens with zero attached hydrogens (tertiary/aromatic N) is 3. The molecule has 0 spiro atoms. The maximum Gasteiger partial charge on any atom is 0.410 e. The van der Waals surface area contributed by atoms with Crippen molar-refractivity contribution in [1.29, 1.82) is 0 Å². The fourth-order valence-electron chi connectivity index (χ4n) is 3.75. The van der Waals surface area contributed by atoms with Gasteiger partial charge in [-0.05, 0) is 45.7 Å². The monoisotopic (exact) mass is 472 g/mol. The second-order valence-corrected chi connectivity index (χ2v) is 9.26. The summed E-state index contributed by atoms with van der Waals surface area (Å²) in [7, 11) is 3.28. The molecule has 0 aliphatic carbocycles. The molecular formula is C24H32N4O6. The van der Waals surface area contributed by atoms with Gasteiger partial charge in [0.2, 0.25) is 5.91 Å². The van der Waals surface area contributed by atoms with Crippen molar-refractivity contribution in [3.63, 3.8) is 0 Å². The van der Waals surface area contributed by atoms with Crippen LogP contribution in [-0.4, -0.2) is 69.8 Å². The van der Waals surface area contributed by atoms with Crippen molar-refractivity contribution in [1.82, 2.24) is 19.4 Å². The van der Waals surface area contributed by atoms with E-state index < -0.39 is 24.0 Å². The summed E-state index contributed by atoms with van der Waals surface area (Å²) < 4.78 is 13.8. The van der Waals surface area contributed by atoms with Crippen LogP contribution >= 0.6 is 0 Å². The molecular weight excluding hydrogens is 440 g/mol. The molecule has 2 amide bonds. The molecule has 10 nitrogen and oxygen atoms in total. The lowest BCUT2D eigenvalue weighted by Crippen LogP contribution is -2.46. The molecule has 0 bridgehead atoms. The lowest BCUT2D eigenvalue weighted by molar-refractivity contribution is -0.130. The number of hydrogen-bond donors (Lipinski definition) is 2. The van der Waals surface area contributed by atoms with Crippen molar-refractivity contribution >= 4 is 23.0 Å². The first-order valence-corrected chi connectivity index (χ1v) is 11.2. The quantitative estimate of drug-likeness (QED) is 0.501. The highest BCUT2D eigenvalue weighted by Gasteiger charge is 2.31. The molecule has 34 heavy (non-hydrogen) atoms. The van der Waals surface area contributed by atoms with Crippen LogP contribution < -0.4 is 11.0 Å². The van der Waals surface area contributed by atoms with Crippen LogP contribution in [0.25, 0.3) is 11.0 Å². The third-order valence-electron chi connectivity index (χ3n) is 5.41. The molecule has 2 N–H and O–H groups in total. The van der Waals surface area contributed by atoms with E-state index in [9.17, 15) is 19.5 Å². The summed E-state index contributed by atoms with van der Waals surface area (Å²) in [5.74, 6) is 5.60. The first-order valence-electron chi connectivity index (χ1n) is 11.2. The Labute approximate surface area is 198 Å². The second kappa shape index (κ2) is 10.3. The van der Waals surface area contributed by atoms with Gasteiger partial charge in [-0.15, -0.1) is 0 Å². The average Bonchev–Trinajstić information content (AvgIpc) is 3.00. The lowest BCUT2D eigenvalue weighted by atomic mass is 10.0. The lowest BCUT2D eigenvalue weighted by Gasteiger charge is -2.26. The zero-order valence-electron chi connectivity index (χ0n) is 20.3. The Morgan fingerprint density at radius 2 is 2.03 bits per heavy atom. The first kappa shape index (κ1) is 25.3. The van der Waals surface area contributed by atoms with Crippen LogP contribution in [0.4, 0.5) is 4.79 Å². The predicted octanol–water partition coefficient (Wildman–Crippen LogP) is 1.34. The highest BCUT2D eigenvalue weighted by atomic mass is 16.6. The van der Waals surface area contributed by atoms with Gasteiger partial charge in [0.05, 0.1) is 23.2 Å². The van der Waals surface area contributed by atoms with E-state index in [1.807, 2.05) is 20.8 Å². The van der Waals surface area contributed by atoms with E-state index in [0.717, 1.165) is 0 Å². The molecule has 2 unspecified atom stereocenters. The van der Waals surface area contributed by atoms with Crippen molar-refractivity contribution in [2.24, 2.45) is 7.05 Å². The van der Waals surface area contributed by atoms with Crippen LogP contribution in [0.2, 0.25) is 0 Å². The van der Waals surface area contributed by atoms with Crippen molar-refractivity contribution in [3.8, 4) is 11.8 Å². The number of fused-ring (bicyclic) bond motifs is 1. The van der Waals surface area contributed by atoms with Gasteiger partial charge < -0.3 is 24.8 Å². The molecule has 1 aliphatic heterocycles. The van der Waals surface area contributed by atoms with E-state index in [2.05, 4.69) is 17.2 Å². The molecule has 3 rings (SSSR count). The Morgan fingerprint density at radius 3 is 2.71 bits per heavy atom. The number of amides is 2. The number of ether oxygens (including phenoxy) is 2. The molecule has 10 heteroatoms. The van der Waals surface area contributed by atoms with Gasteiger partial charge in [-0.3, -0.25) is 13.9 Å². The van der Waals surface area contributed by atoms with Crippen molar-refractivity contribution in [3.05, 3.63) is 34.2 Å². The molecule has 2 heterocycles. The number of hydrogen-bond acceptors (Lipinski definition) is 6. The van der Waals surface area contributed by atoms with Crippen molar-refractivity contribution in [2.75, 3.05) is 26.8 Å². The number of rotatable bonds is 5. The maximum absolute atomic E-state index is 13.0. The minimum Gasteiger partial charge on any atom is -0.444 e. The molecule has 1 saturated heterocycles. The van der Waals surface area contributed by atoms with Gasteiger partial charge in [0.25, 0.3) is 0 Å². The van der Waals surface area contributed by atoms with E-state index in [4.69, 9.17) is 9.47 Å². The predicted molar refractivity (Wildman–Crippen MR) is 126 cm³/mol. The minimum absolute atomic E-state index is 0.149. The third-order valence-corrected chi connectivity index (χ3v) is 5.41. The topological polar surface area (TPSA) is 115 Å². The Bertz CT molecular complexity index is 1180. The number of para-hydroxylation sites is 1. The van der Waals surface area contributed by atoms with Gasteiger partial charge in [-0.1, -0.05) is 17.9 Å². The minimum atomic E-state index is -0.889. The van der Waals surface area contributed by atoms with E-state index >= 15 is 0 Å². The normalized spacial score (nSPS) is 18.2. The van der Waals surface area contributed by atoms with Crippen LogP contribution in [0.5, 0.6) is 0 Å². The molecule has 1 fully saturated rings. The number of aliphatic hydroxyl groups excluding tert-OH is 1. The van der Waals surface area contributed by atoms with E-state index in [1.165, 1.54) is 14.0 Å². The van der Waals surface area contributed by atoms with Crippen LogP contribution in [0, 0.1) is 11.8 Å². The smallest absolute Gasteiger partial charge is 0.410 e. The van der Waals surface area contributed by atoms with E-state index in [-0.39, 0.29) is 18.2 Å². The zero-order chi connectivity index (χ0) is 25.0. The summed E-state index contributed by atoms with van der Waals surface area (Å²) in [5, 5.41) is 12.2. The first-order chi connectivity index (χ1) is 16.0. The fraction of sp³-hybridized carbons (Fsp3) is 0.542. The number of aliphatic hydroxyl groups is 1. The van der Waals surface area contributed by atoms with Gasteiger partial charge in [0.1, 0.15) is 24.5 Å². The highest BCUT2D eigenvalue weighted by Crippen LogP contribution is 2.25. The fourth-order valence-corrected chi connectivity index (χ4v) is 3.75. The zero-order valence-corrected chi connectivity index (χ0v) is 20.3. The number of aromatic nitrogens is 2. The van der Waals surface area contributed by atoms with Gasteiger partial charge in [-0.25, -0.2) is 9.59 Å². The van der Waals surface area contributed by atoms with Gasteiger partial charge in [0, 0.05) is 20.6 Å². The Morgan fingerprint density at radius 1 is 1.29 bits per heavy atom. The molecule has 2 atom stereocenters. The molecule has 2 aromatic rings. The summed E-state index contributed by atoms with van der Waals surface area (Å²) >= 11 is 0. The molecule has 1 aromatic carbocycles. The summed E-state index contributed by atoms with van der Waals surface area (Å²) in [5.41, 5.74) is 1.00. The second-order valence-electron chi connectivity index (χ2n) is 9.26. The van der Waals surface area contributed by atoms with E-state index in [0.29, 0.717) is 42.6 Å². The van der Waals surface area contributed by atoms with E-state index in [1.54, 1.807) is 32.3 Å². The average molecular weight is 473 g/mol. The van der Waals surface area contributed by atoms with Gasteiger partial charge >= 0.3 is 11.8 Å². The summed E-state index contributed by atoms with van der Waals surface area (Å²) in [4.78, 5) is 38.8. The number of carbonyl (C=O) groups excluding carboxylic acids is 2. The largest absolute Gasteiger partial charge is 0.444 e. The van der Waals surface area contributed by atoms with Gasteiger partial charge in [0.15, 0.2) is 0 Å². The molecule has 184 valence electrons. The number of carbonyl (C=O) groups is 2. The highest BCUT2D eigenvalue weighted by molar-refractivity contribution is 5.87. The Balaban J connectivity index is 1.68. The number of nitrogens with one attached hydrogen (secondary N) is 1. The Kier molecular flexibility index (Phi) is 7.69. The van der Waals surface area contributed by atoms with Crippen LogP contribution in [0.3, 0.4) is 0 Å². The molecule has 0 saturated carbocycles. The standard InChI is InChI=1S/C24H32N4O6/c1-24(2,3)34-23(32)26(4)13-15-33-14-7-9-16-8-6-10-17-20(16)27(5)22(31)28(17)18-11-12-19(29)25-21(18)30/h6,8,10,18-19,29H,11-15H2,1-5H3,(H,25,30). The number of benzene rings is 1. The number of imidazole rings is 1. The summed E-state index contributed by atoms with van der Waals surface area (Å²) in [6.07, 6.45) is -0.563.